The second-order valence-corrected chi connectivity index (χ2v) is 17.7. The Balaban J connectivity index is 1.43. The second-order valence-electron chi connectivity index (χ2n) is 17.7. The average Bonchev–Trinajstić information content (AvgIpc) is 3.20. The molecule has 7 rings (SSSR count). The average molecular weight is 830 g/mol. The largest absolute Gasteiger partial charge is 0.456 e. The van der Waals surface area contributed by atoms with E-state index in [1.807, 2.05) is 12.2 Å². The van der Waals surface area contributed by atoms with Gasteiger partial charge in [-0.2, -0.15) is 0 Å². The Morgan fingerprint density at radius 2 is 1.62 bits per heavy atom. The molecule has 60 heavy (non-hydrogen) atoms. The molecule has 5 N–H and O–H groups in total. The molecule has 2 aromatic carbocycles. The van der Waals surface area contributed by atoms with Gasteiger partial charge in [0.05, 0.1) is 35.6 Å². The Labute approximate surface area is 348 Å². The number of esters is 3. The van der Waals surface area contributed by atoms with Crippen molar-refractivity contribution in [3.8, 4) is 0 Å². The number of hydrogen-bond donors (Lipinski definition) is 5. The summed E-state index contributed by atoms with van der Waals surface area (Å²) < 4.78 is 24.6. The zero-order valence-electron chi connectivity index (χ0n) is 34.6. The molecule has 3 aliphatic carbocycles. The van der Waals surface area contributed by atoms with Crippen LogP contribution in [-0.4, -0.2) is 104 Å². The number of ether oxygens (including phenoxy) is 4. The number of allylic oxidation sites excluding steroid dienone is 2. The number of aliphatic hydroxyl groups excluding tert-OH is 3. The normalized spacial score (nSPS) is 37.8. The Morgan fingerprint density at radius 3 is 2.30 bits per heavy atom. The summed E-state index contributed by atoms with van der Waals surface area (Å²) in [5.41, 5.74) is -6.37. The molecule has 5 aliphatic rings. The lowest BCUT2D eigenvalue weighted by molar-refractivity contribution is -0.346. The van der Waals surface area contributed by atoms with Crippen LogP contribution in [0.15, 0.2) is 77.9 Å². The summed E-state index contributed by atoms with van der Waals surface area (Å²) in [7, 11) is 0. The standard InChI is InChI=1S/C46H55NO13/c1-25-30-23-46(56)40(38-44(5,39(53)36(51)34(25)43(46,3)4)31(49)22-32-45(38,24-57-32)60-26(2)48)59-41(54)29-20-15-14-17-27(29)16-10-7-6-8-13-21-33(50)47-35(37(52)42(55)58-30)28-18-11-9-12-19-28/h7,9-12,14-15,17-20,30-32,35-38,40,49,51-52,56H,6,8,13,16,21-24H2,1-5H3,(H,47,50)/b10-7+. The fraction of sp³-hybridized carbons (Fsp3) is 0.543. The topological polar surface area (TPSA) is 215 Å². The van der Waals surface area contributed by atoms with E-state index in [0.717, 1.165) is 0 Å². The number of aliphatic hydroxyl groups is 4. The number of benzene rings is 2. The third-order valence-electron chi connectivity index (χ3n) is 14.0. The molecule has 322 valence electrons. The van der Waals surface area contributed by atoms with Gasteiger partial charge in [-0.25, -0.2) is 9.59 Å². The Hall–Kier alpha value is -4.73. The number of amides is 1. The maximum atomic E-state index is 15.1. The highest BCUT2D eigenvalue weighted by Crippen LogP contribution is 2.64. The van der Waals surface area contributed by atoms with Crippen molar-refractivity contribution in [3.63, 3.8) is 0 Å². The van der Waals surface area contributed by atoms with Crippen molar-refractivity contribution in [1.82, 2.24) is 5.32 Å². The molecule has 2 saturated carbocycles. The number of rotatable bonds is 2. The van der Waals surface area contributed by atoms with Gasteiger partial charge in [0.2, 0.25) is 5.91 Å². The quantitative estimate of drug-likeness (QED) is 0.167. The predicted molar refractivity (Wildman–Crippen MR) is 214 cm³/mol. The van der Waals surface area contributed by atoms with E-state index in [4.69, 9.17) is 18.9 Å². The Bertz CT molecular complexity index is 2100. The van der Waals surface area contributed by atoms with E-state index in [0.29, 0.717) is 36.8 Å². The van der Waals surface area contributed by atoms with Crippen molar-refractivity contribution in [3.05, 3.63) is 94.6 Å². The highest BCUT2D eigenvalue weighted by atomic mass is 16.6. The number of Topliss-reactive ketones (excluding diaryl/α,β-unsaturated/α-hetero) is 1. The summed E-state index contributed by atoms with van der Waals surface area (Å²) in [6.45, 7) is 7.00. The van der Waals surface area contributed by atoms with Gasteiger partial charge >= 0.3 is 17.9 Å². The fourth-order valence-electron chi connectivity index (χ4n) is 10.6. The first kappa shape index (κ1) is 43.4. The molecule has 11 atom stereocenters. The van der Waals surface area contributed by atoms with Crippen molar-refractivity contribution in [2.45, 2.75) is 133 Å². The first-order valence-corrected chi connectivity index (χ1v) is 20.7. The van der Waals surface area contributed by atoms with Gasteiger partial charge in [-0.1, -0.05) is 74.5 Å². The van der Waals surface area contributed by atoms with E-state index in [-0.39, 0.29) is 36.2 Å². The van der Waals surface area contributed by atoms with Crippen LogP contribution in [0.3, 0.4) is 0 Å². The molecule has 2 aliphatic heterocycles. The van der Waals surface area contributed by atoms with Crippen LogP contribution in [0, 0.1) is 16.7 Å². The third kappa shape index (κ3) is 7.09. The van der Waals surface area contributed by atoms with E-state index in [1.165, 1.54) is 20.8 Å². The molecule has 2 heterocycles. The van der Waals surface area contributed by atoms with E-state index in [2.05, 4.69) is 5.32 Å². The van der Waals surface area contributed by atoms with Crippen molar-refractivity contribution in [1.29, 1.82) is 0 Å². The molecule has 0 radical (unpaired) electrons. The molecule has 11 unspecified atom stereocenters. The van der Waals surface area contributed by atoms with Crippen LogP contribution in [0.2, 0.25) is 0 Å². The smallest absolute Gasteiger partial charge is 0.338 e. The number of nitrogens with one attached hydrogen (secondary N) is 1. The number of carbonyl (C=O) groups excluding carboxylic acids is 5. The van der Waals surface area contributed by atoms with Crippen molar-refractivity contribution < 1.29 is 63.3 Å². The van der Waals surface area contributed by atoms with Gasteiger partial charge in [-0.3, -0.25) is 14.4 Å². The Kier molecular flexibility index (Phi) is 11.8. The minimum atomic E-state index is -2.34. The number of ketones is 1. The number of hydrogen-bond acceptors (Lipinski definition) is 13. The minimum absolute atomic E-state index is 0.0353. The summed E-state index contributed by atoms with van der Waals surface area (Å²) in [4.78, 5) is 70.3. The van der Waals surface area contributed by atoms with Crippen LogP contribution in [-0.2, 0) is 44.5 Å². The van der Waals surface area contributed by atoms with Crippen LogP contribution in [0.4, 0.5) is 0 Å². The van der Waals surface area contributed by atoms with Crippen LogP contribution in [0.5, 0.6) is 0 Å². The third-order valence-corrected chi connectivity index (χ3v) is 14.0. The molecule has 0 spiro atoms. The SMILES string of the molecule is CC(=O)OC12COC1CC(O)C1(C)C(=O)C(O)C3=C(C)C4CC(O)(C(OC(=O)c5ccccc5C/C=C/CCCCC(=O)NC(c5ccccc5)C(O)C(=O)O4)C21)C3(C)C. The summed E-state index contributed by atoms with van der Waals surface area (Å²) in [5.74, 6) is -5.61. The second kappa shape index (κ2) is 16.3. The zero-order valence-corrected chi connectivity index (χ0v) is 34.6. The van der Waals surface area contributed by atoms with E-state index < -0.39 is 107 Å². The van der Waals surface area contributed by atoms with Crippen LogP contribution in [0.25, 0.3) is 0 Å². The molecule has 14 heteroatoms. The van der Waals surface area contributed by atoms with E-state index in [9.17, 15) is 39.6 Å². The molecule has 1 amide bonds. The maximum Gasteiger partial charge on any atom is 0.338 e. The molecular weight excluding hydrogens is 774 g/mol. The number of carbonyl (C=O) groups is 5. The zero-order chi connectivity index (χ0) is 43.4. The van der Waals surface area contributed by atoms with Gasteiger partial charge < -0.3 is 44.7 Å². The van der Waals surface area contributed by atoms with Crippen LogP contribution in [0.1, 0.15) is 101 Å². The lowest BCUT2D eigenvalue weighted by Crippen LogP contribution is -2.81. The van der Waals surface area contributed by atoms with Gasteiger partial charge in [-0.15, -0.1) is 0 Å². The molecule has 3 fully saturated rings. The van der Waals surface area contributed by atoms with E-state index >= 15 is 4.79 Å². The molecular formula is C46H55NO13. The molecule has 2 aromatic rings. The summed E-state index contributed by atoms with van der Waals surface area (Å²) in [6, 6.07) is 14.0. The fourth-order valence-corrected chi connectivity index (χ4v) is 10.6. The highest BCUT2D eigenvalue weighted by molar-refractivity contribution is 5.94. The summed E-state index contributed by atoms with van der Waals surface area (Å²) in [6.07, 6.45) is -4.26. The van der Waals surface area contributed by atoms with Crippen molar-refractivity contribution in [2.75, 3.05) is 6.61 Å². The number of fused-ring (bicyclic) bond motifs is 7. The first-order valence-electron chi connectivity index (χ1n) is 20.7. The monoisotopic (exact) mass is 829 g/mol. The van der Waals surface area contributed by atoms with Crippen molar-refractivity contribution >= 4 is 29.6 Å². The maximum absolute atomic E-state index is 15.1. The lowest BCUT2D eigenvalue weighted by atomic mass is 9.44. The van der Waals surface area contributed by atoms with Crippen LogP contribution < -0.4 is 5.32 Å². The predicted octanol–water partition coefficient (Wildman–Crippen LogP) is 3.52. The van der Waals surface area contributed by atoms with Gasteiger partial charge in [-0.05, 0) is 67.9 Å². The highest BCUT2D eigenvalue weighted by Gasteiger charge is 2.78. The van der Waals surface area contributed by atoms with E-state index in [1.54, 1.807) is 68.4 Å². The molecule has 1 saturated heterocycles. The summed E-state index contributed by atoms with van der Waals surface area (Å²) >= 11 is 0. The molecule has 0 aromatic heterocycles. The van der Waals surface area contributed by atoms with Gasteiger partial charge in [0.25, 0.3) is 0 Å². The minimum Gasteiger partial charge on any atom is -0.456 e. The first-order chi connectivity index (χ1) is 28.4. The summed E-state index contributed by atoms with van der Waals surface area (Å²) in [5, 5.41) is 52.3. The van der Waals surface area contributed by atoms with Gasteiger partial charge in [0.1, 0.15) is 30.0 Å². The Morgan fingerprint density at radius 1 is 0.917 bits per heavy atom. The lowest BCUT2D eigenvalue weighted by Gasteiger charge is -2.67. The van der Waals surface area contributed by atoms with Gasteiger partial charge in [0.15, 0.2) is 17.5 Å². The van der Waals surface area contributed by atoms with Crippen molar-refractivity contribution in [2.24, 2.45) is 16.7 Å². The van der Waals surface area contributed by atoms with Gasteiger partial charge in [0, 0.05) is 31.6 Å². The molecule has 14 nitrogen and oxygen atoms in total. The molecule has 3 bridgehead atoms. The van der Waals surface area contributed by atoms with Crippen LogP contribution >= 0.6 is 0 Å².